The van der Waals surface area contributed by atoms with Crippen LogP contribution in [0.4, 0.5) is 5.82 Å². The minimum atomic E-state index is -0.0544. The van der Waals surface area contributed by atoms with Gasteiger partial charge in [-0.25, -0.2) is 9.97 Å². The first-order chi connectivity index (χ1) is 13.2. The molecule has 7 heteroatoms. The van der Waals surface area contributed by atoms with Gasteiger partial charge in [-0.1, -0.05) is 30.3 Å². The van der Waals surface area contributed by atoms with Gasteiger partial charge in [-0.3, -0.25) is 4.79 Å². The molecule has 27 heavy (non-hydrogen) atoms. The van der Waals surface area contributed by atoms with Crippen LogP contribution >= 0.6 is 11.3 Å². The van der Waals surface area contributed by atoms with Crippen LogP contribution < -0.4 is 10.6 Å². The van der Waals surface area contributed by atoms with Crippen LogP contribution in [0.3, 0.4) is 0 Å². The quantitative estimate of drug-likeness (QED) is 0.685. The van der Waals surface area contributed by atoms with Crippen LogP contribution in [-0.4, -0.2) is 41.7 Å². The Bertz CT molecular complexity index is 936. The van der Waals surface area contributed by atoms with Crippen molar-refractivity contribution in [3.63, 3.8) is 0 Å². The molecule has 3 aromatic rings. The second-order valence-electron chi connectivity index (χ2n) is 6.65. The predicted molar refractivity (Wildman–Crippen MR) is 107 cm³/mol. The molecule has 0 saturated carbocycles. The van der Waals surface area contributed by atoms with Crippen molar-refractivity contribution in [2.45, 2.75) is 25.8 Å². The summed E-state index contributed by atoms with van der Waals surface area (Å²) in [6.07, 6.45) is 3.32. The summed E-state index contributed by atoms with van der Waals surface area (Å²) >= 11 is 1.42. The van der Waals surface area contributed by atoms with Gasteiger partial charge in [-0.15, -0.1) is 11.3 Å². The predicted octanol–water partition coefficient (Wildman–Crippen LogP) is 3.17. The van der Waals surface area contributed by atoms with E-state index in [1.165, 1.54) is 16.9 Å². The fourth-order valence-corrected chi connectivity index (χ4v) is 4.34. The van der Waals surface area contributed by atoms with Crippen LogP contribution in [0.25, 0.3) is 10.2 Å². The van der Waals surface area contributed by atoms with E-state index in [9.17, 15) is 4.79 Å². The van der Waals surface area contributed by atoms with Crippen molar-refractivity contribution in [1.82, 2.24) is 15.3 Å². The van der Waals surface area contributed by atoms with Crippen molar-refractivity contribution >= 4 is 33.3 Å². The Morgan fingerprint density at radius 1 is 1.30 bits per heavy atom. The Hall–Kier alpha value is -2.51. The second kappa shape index (κ2) is 8.02. The lowest BCUT2D eigenvalue weighted by Gasteiger charge is -2.10. The number of benzene rings is 1. The number of carbonyl (C=O) groups is 1. The first kappa shape index (κ1) is 17.9. The van der Waals surface area contributed by atoms with Gasteiger partial charge in [-0.2, -0.15) is 0 Å². The van der Waals surface area contributed by atoms with Crippen molar-refractivity contribution in [1.29, 1.82) is 0 Å². The molecule has 1 aliphatic rings. The van der Waals surface area contributed by atoms with Gasteiger partial charge in [0, 0.05) is 13.2 Å². The van der Waals surface area contributed by atoms with Crippen LogP contribution in [0.5, 0.6) is 0 Å². The fourth-order valence-electron chi connectivity index (χ4n) is 3.29. The molecule has 1 saturated heterocycles. The lowest BCUT2D eigenvalue weighted by molar-refractivity contribution is 0.0933. The molecule has 1 amide bonds. The summed E-state index contributed by atoms with van der Waals surface area (Å²) in [6.45, 7) is 4.02. The highest BCUT2D eigenvalue weighted by Gasteiger charge is 2.23. The molecule has 3 heterocycles. The Morgan fingerprint density at radius 3 is 2.93 bits per heavy atom. The van der Waals surface area contributed by atoms with E-state index >= 15 is 0 Å². The number of hydrogen-bond acceptors (Lipinski definition) is 6. The molecule has 1 unspecified atom stereocenters. The van der Waals surface area contributed by atoms with Crippen LogP contribution in [0, 0.1) is 6.92 Å². The van der Waals surface area contributed by atoms with Gasteiger partial charge in [0.05, 0.1) is 22.9 Å². The summed E-state index contributed by atoms with van der Waals surface area (Å²) in [6, 6.07) is 10.4. The van der Waals surface area contributed by atoms with Gasteiger partial charge >= 0.3 is 0 Å². The maximum atomic E-state index is 12.7. The van der Waals surface area contributed by atoms with E-state index in [4.69, 9.17) is 4.74 Å². The maximum Gasteiger partial charge on any atom is 0.262 e. The third kappa shape index (κ3) is 3.94. The smallest absolute Gasteiger partial charge is 0.262 e. The fraction of sp³-hybridized carbons (Fsp3) is 0.350. The third-order valence-corrected chi connectivity index (χ3v) is 5.95. The molecule has 1 aliphatic heterocycles. The van der Waals surface area contributed by atoms with Gasteiger partial charge in [0.25, 0.3) is 5.91 Å². The average molecular weight is 382 g/mol. The SMILES string of the molecule is Cc1c(C(=O)NC2CCOC2)sc2ncnc(NCCc3ccccc3)c12. The second-order valence-corrected chi connectivity index (χ2v) is 7.65. The lowest BCUT2D eigenvalue weighted by atomic mass is 10.1. The number of ether oxygens (including phenoxy) is 1. The molecule has 0 radical (unpaired) electrons. The summed E-state index contributed by atoms with van der Waals surface area (Å²) < 4.78 is 5.34. The minimum absolute atomic E-state index is 0.0544. The van der Waals surface area contributed by atoms with Gasteiger partial charge < -0.3 is 15.4 Å². The van der Waals surface area contributed by atoms with Gasteiger partial charge in [-0.05, 0) is 30.9 Å². The lowest BCUT2D eigenvalue weighted by Crippen LogP contribution is -2.34. The molecule has 0 aliphatic carbocycles. The Labute approximate surface area is 162 Å². The normalized spacial score (nSPS) is 16.6. The largest absolute Gasteiger partial charge is 0.379 e. The molecule has 140 valence electrons. The molecule has 6 nitrogen and oxygen atoms in total. The Morgan fingerprint density at radius 2 is 2.15 bits per heavy atom. The number of anilines is 1. The number of hydrogen-bond donors (Lipinski definition) is 2. The van der Waals surface area contributed by atoms with E-state index < -0.39 is 0 Å². The van der Waals surface area contributed by atoms with E-state index in [-0.39, 0.29) is 11.9 Å². The zero-order chi connectivity index (χ0) is 18.6. The molecule has 4 rings (SSSR count). The molecule has 1 aromatic carbocycles. The van der Waals surface area contributed by atoms with E-state index in [1.807, 2.05) is 25.1 Å². The Kier molecular flexibility index (Phi) is 5.31. The number of aryl methyl sites for hydroxylation is 1. The van der Waals surface area contributed by atoms with Crippen molar-refractivity contribution in [3.05, 3.63) is 52.7 Å². The average Bonchev–Trinajstić information content (AvgIpc) is 3.31. The first-order valence-electron chi connectivity index (χ1n) is 9.13. The molecule has 2 N–H and O–H groups in total. The van der Waals surface area contributed by atoms with E-state index in [0.717, 1.165) is 41.0 Å². The molecule has 0 bridgehead atoms. The van der Waals surface area contributed by atoms with Crippen molar-refractivity contribution in [2.75, 3.05) is 25.1 Å². The van der Waals surface area contributed by atoms with Crippen LogP contribution in [0.1, 0.15) is 27.2 Å². The molecule has 0 spiro atoms. The van der Waals surface area contributed by atoms with Crippen molar-refractivity contribution < 1.29 is 9.53 Å². The number of nitrogens with zero attached hydrogens (tertiary/aromatic N) is 2. The summed E-state index contributed by atoms with van der Waals surface area (Å²) in [5.41, 5.74) is 2.20. The minimum Gasteiger partial charge on any atom is -0.379 e. The van der Waals surface area contributed by atoms with Gasteiger partial charge in [0.15, 0.2) is 0 Å². The number of thiophene rings is 1. The van der Waals surface area contributed by atoms with E-state index in [2.05, 4.69) is 32.7 Å². The topological polar surface area (TPSA) is 76.1 Å². The molecule has 1 atom stereocenters. The highest BCUT2D eigenvalue weighted by Crippen LogP contribution is 2.33. The van der Waals surface area contributed by atoms with Crippen LogP contribution in [0.2, 0.25) is 0 Å². The van der Waals surface area contributed by atoms with Crippen LogP contribution in [-0.2, 0) is 11.2 Å². The molecular formula is C20H22N4O2S. The zero-order valence-electron chi connectivity index (χ0n) is 15.2. The summed E-state index contributed by atoms with van der Waals surface area (Å²) in [7, 11) is 0. The summed E-state index contributed by atoms with van der Waals surface area (Å²) in [5, 5.41) is 7.40. The van der Waals surface area contributed by atoms with Crippen molar-refractivity contribution in [3.8, 4) is 0 Å². The van der Waals surface area contributed by atoms with Gasteiger partial charge in [0.1, 0.15) is 17.0 Å². The number of amides is 1. The number of nitrogens with one attached hydrogen (secondary N) is 2. The number of aromatic nitrogens is 2. The molecule has 1 fully saturated rings. The number of carbonyl (C=O) groups excluding carboxylic acids is 1. The molecular weight excluding hydrogens is 360 g/mol. The summed E-state index contributed by atoms with van der Waals surface area (Å²) in [5.74, 6) is 0.731. The summed E-state index contributed by atoms with van der Waals surface area (Å²) in [4.78, 5) is 23.0. The number of rotatable bonds is 6. The van der Waals surface area contributed by atoms with E-state index in [0.29, 0.717) is 18.1 Å². The third-order valence-electron chi connectivity index (χ3n) is 4.75. The van der Waals surface area contributed by atoms with Crippen LogP contribution in [0.15, 0.2) is 36.7 Å². The first-order valence-corrected chi connectivity index (χ1v) is 9.94. The van der Waals surface area contributed by atoms with Crippen molar-refractivity contribution in [2.24, 2.45) is 0 Å². The number of fused-ring (bicyclic) bond motifs is 1. The zero-order valence-corrected chi connectivity index (χ0v) is 16.0. The van der Waals surface area contributed by atoms with Gasteiger partial charge in [0.2, 0.25) is 0 Å². The standard InChI is InChI=1S/C20H22N4O2S/c1-13-16-18(21-9-7-14-5-3-2-4-6-14)22-12-23-20(16)27-17(13)19(25)24-15-8-10-26-11-15/h2-6,12,15H,7-11H2,1H3,(H,24,25)(H,21,22,23). The van der Waals surface area contributed by atoms with E-state index in [1.54, 1.807) is 6.33 Å². The molecule has 2 aromatic heterocycles. The Balaban J connectivity index is 1.51. The highest BCUT2D eigenvalue weighted by molar-refractivity contribution is 7.20. The maximum absolute atomic E-state index is 12.7. The highest BCUT2D eigenvalue weighted by atomic mass is 32.1. The monoisotopic (exact) mass is 382 g/mol.